The maximum Gasteiger partial charge on any atom is 0.260 e. The number of halogens is 1. The van der Waals surface area contributed by atoms with Crippen LogP contribution in [0.15, 0.2) is 24.3 Å². The molecule has 0 fully saturated rings. The highest BCUT2D eigenvalue weighted by Crippen LogP contribution is 2.11. The molecule has 0 saturated heterocycles. The van der Waals surface area contributed by atoms with Crippen molar-refractivity contribution in [1.29, 1.82) is 0 Å². The van der Waals surface area contributed by atoms with E-state index in [0.717, 1.165) is 0 Å². The van der Waals surface area contributed by atoms with Gasteiger partial charge in [0.15, 0.2) is 6.61 Å². The first-order valence-electron chi connectivity index (χ1n) is 6.20. The van der Waals surface area contributed by atoms with Crippen molar-refractivity contribution >= 4 is 5.91 Å². The van der Waals surface area contributed by atoms with Crippen molar-refractivity contribution in [1.82, 2.24) is 4.90 Å². The van der Waals surface area contributed by atoms with Gasteiger partial charge in [-0.3, -0.25) is 4.79 Å². The Morgan fingerprint density at radius 3 is 2.42 bits per heavy atom. The van der Waals surface area contributed by atoms with Crippen LogP contribution in [0.5, 0.6) is 5.75 Å². The fraction of sp³-hybridized carbons (Fsp3) is 0.500. The van der Waals surface area contributed by atoms with Gasteiger partial charge in [0.05, 0.1) is 5.60 Å². The number of benzene rings is 1. The Balaban J connectivity index is 2.51. The van der Waals surface area contributed by atoms with Gasteiger partial charge in [-0.25, -0.2) is 4.39 Å². The van der Waals surface area contributed by atoms with Gasteiger partial charge in [-0.2, -0.15) is 0 Å². The van der Waals surface area contributed by atoms with Crippen molar-refractivity contribution in [3.8, 4) is 5.75 Å². The van der Waals surface area contributed by atoms with Crippen LogP contribution in [-0.2, 0) is 4.79 Å². The van der Waals surface area contributed by atoms with E-state index in [-0.39, 0.29) is 24.9 Å². The molecule has 1 aromatic carbocycles. The second-order valence-electron chi connectivity index (χ2n) is 4.96. The second-order valence-corrected chi connectivity index (χ2v) is 4.96. The molecule has 1 rings (SSSR count). The van der Waals surface area contributed by atoms with E-state index in [2.05, 4.69) is 0 Å². The van der Waals surface area contributed by atoms with E-state index < -0.39 is 5.60 Å². The average Bonchev–Trinajstić information content (AvgIpc) is 2.34. The molecule has 19 heavy (non-hydrogen) atoms. The predicted molar refractivity (Wildman–Crippen MR) is 70.4 cm³/mol. The molecule has 0 unspecified atom stereocenters. The lowest BCUT2D eigenvalue weighted by Crippen LogP contribution is -2.44. The van der Waals surface area contributed by atoms with Crippen molar-refractivity contribution in [2.24, 2.45) is 0 Å². The van der Waals surface area contributed by atoms with Crippen molar-refractivity contribution < 1.29 is 19.0 Å². The molecule has 5 heteroatoms. The van der Waals surface area contributed by atoms with Gasteiger partial charge in [-0.05, 0) is 45.0 Å². The summed E-state index contributed by atoms with van der Waals surface area (Å²) >= 11 is 0. The van der Waals surface area contributed by atoms with Crippen LogP contribution >= 0.6 is 0 Å². The van der Waals surface area contributed by atoms with Crippen LogP contribution in [0, 0.1) is 5.82 Å². The van der Waals surface area contributed by atoms with Crippen LogP contribution in [0.25, 0.3) is 0 Å². The highest BCUT2D eigenvalue weighted by molar-refractivity contribution is 5.77. The Hall–Kier alpha value is -1.62. The van der Waals surface area contributed by atoms with Gasteiger partial charge >= 0.3 is 0 Å². The molecule has 0 radical (unpaired) electrons. The third-order valence-corrected chi connectivity index (χ3v) is 2.49. The Morgan fingerprint density at radius 1 is 1.37 bits per heavy atom. The minimum atomic E-state index is -0.943. The summed E-state index contributed by atoms with van der Waals surface area (Å²) in [6.07, 6.45) is 0. The SMILES string of the molecule is CCN(CC(C)(C)O)C(=O)COc1ccc(F)cc1. The van der Waals surface area contributed by atoms with Crippen LogP contribution in [0.4, 0.5) is 4.39 Å². The molecule has 0 aliphatic heterocycles. The largest absolute Gasteiger partial charge is 0.484 e. The predicted octanol–water partition coefficient (Wildman–Crippen LogP) is 1.82. The van der Waals surface area contributed by atoms with Crippen LogP contribution in [0.3, 0.4) is 0 Å². The fourth-order valence-corrected chi connectivity index (χ4v) is 1.61. The standard InChI is InChI=1S/C14H20FNO3/c1-4-16(10-14(2,3)18)13(17)9-19-12-7-5-11(15)6-8-12/h5-8,18H,4,9-10H2,1-3H3. The number of hydrogen-bond donors (Lipinski definition) is 1. The fourth-order valence-electron chi connectivity index (χ4n) is 1.61. The zero-order chi connectivity index (χ0) is 14.5. The summed E-state index contributed by atoms with van der Waals surface area (Å²) in [5, 5.41) is 9.71. The summed E-state index contributed by atoms with van der Waals surface area (Å²) in [7, 11) is 0. The monoisotopic (exact) mass is 269 g/mol. The number of rotatable bonds is 6. The highest BCUT2D eigenvalue weighted by atomic mass is 19.1. The Morgan fingerprint density at radius 2 is 1.95 bits per heavy atom. The molecular weight excluding hydrogens is 249 g/mol. The van der Waals surface area contributed by atoms with Gasteiger partial charge in [-0.1, -0.05) is 0 Å². The Bertz CT molecular complexity index is 412. The van der Waals surface area contributed by atoms with E-state index in [9.17, 15) is 14.3 Å². The lowest BCUT2D eigenvalue weighted by atomic mass is 10.1. The van der Waals surface area contributed by atoms with Crippen molar-refractivity contribution in [3.05, 3.63) is 30.1 Å². The molecule has 1 amide bonds. The average molecular weight is 269 g/mol. The molecule has 106 valence electrons. The molecule has 0 bridgehead atoms. The van der Waals surface area contributed by atoms with E-state index in [1.54, 1.807) is 13.8 Å². The summed E-state index contributed by atoms with van der Waals surface area (Å²) in [5.74, 6) is -0.126. The maximum atomic E-state index is 12.7. The number of aliphatic hydroxyl groups is 1. The zero-order valence-electron chi connectivity index (χ0n) is 11.5. The van der Waals surface area contributed by atoms with Gasteiger partial charge < -0.3 is 14.7 Å². The summed E-state index contributed by atoms with van der Waals surface area (Å²) in [5.41, 5.74) is -0.943. The number of likely N-dealkylation sites (N-methyl/N-ethyl adjacent to an activating group) is 1. The lowest BCUT2D eigenvalue weighted by molar-refractivity contribution is -0.136. The highest BCUT2D eigenvalue weighted by Gasteiger charge is 2.21. The first kappa shape index (κ1) is 15.4. The number of nitrogens with zero attached hydrogens (tertiary/aromatic N) is 1. The van der Waals surface area contributed by atoms with E-state index in [4.69, 9.17) is 4.74 Å². The quantitative estimate of drug-likeness (QED) is 0.857. The van der Waals surface area contributed by atoms with E-state index in [1.165, 1.54) is 29.2 Å². The topological polar surface area (TPSA) is 49.8 Å². The molecule has 1 aromatic rings. The normalized spacial score (nSPS) is 11.2. The molecule has 0 heterocycles. The van der Waals surface area contributed by atoms with Gasteiger partial charge in [0.1, 0.15) is 11.6 Å². The number of carbonyl (C=O) groups is 1. The first-order valence-corrected chi connectivity index (χ1v) is 6.20. The minimum absolute atomic E-state index is 0.129. The van der Waals surface area contributed by atoms with E-state index in [1.807, 2.05) is 6.92 Å². The molecule has 0 atom stereocenters. The van der Waals surface area contributed by atoms with Crippen LogP contribution < -0.4 is 4.74 Å². The molecule has 1 N–H and O–H groups in total. The molecule has 0 aliphatic rings. The summed E-state index contributed by atoms with van der Waals surface area (Å²) in [4.78, 5) is 13.4. The number of amides is 1. The zero-order valence-corrected chi connectivity index (χ0v) is 11.5. The molecular formula is C14H20FNO3. The van der Waals surface area contributed by atoms with Crippen LogP contribution in [0.1, 0.15) is 20.8 Å². The second kappa shape index (κ2) is 6.52. The smallest absolute Gasteiger partial charge is 0.260 e. The third kappa shape index (κ3) is 5.70. The third-order valence-electron chi connectivity index (χ3n) is 2.49. The Labute approximate surface area is 112 Å². The molecule has 0 aliphatic carbocycles. The molecule has 0 aromatic heterocycles. The van der Waals surface area contributed by atoms with Gasteiger partial charge in [0, 0.05) is 13.1 Å². The first-order chi connectivity index (χ1) is 8.81. The van der Waals surface area contributed by atoms with Gasteiger partial charge in [0.25, 0.3) is 5.91 Å². The van der Waals surface area contributed by atoms with Crippen LogP contribution in [-0.4, -0.2) is 41.2 Å². The minimum Gasteiger partial charge on any atom is -0.484 e. The van der Waals surface area contributed by atoms with Crippen molar-refractivity contribution in [2.75, 3.05) is 19.7 Å². The number of ether oxygens (including phenoxy) is 1. The Kier molecular flexibility index (Phi) is 5.30. The van der Waals surface area contributed by atoms with E-state index in [0.29, 0.717) is 12.3 Å². The van der Waals surface area contributed by atoms with Gasteiger partial charge in [-0.15, -0.1) is 0 Å². The van der Waals surface area contributed by atoms with Crippen molar-refractivity contribution in [2.45, 2.75) is 26.4 Å². The van der Waals surface area contributed by atoms with E-state index >= 15 is 0 Å². The molecule has 0 spiro atoms. The number of hydrogen-bond acceptors (Lipinski definition) is 3. The molecule has 4 nitrogen and oxygen atoms in total. The van der Waals surface area contributed by atoms with Crippen molar-refractivity contribution in [3.63, 3.8) is 0 Å². The lowest BCUT2D eigenvalue weighted by Gasteiger charge is -2.28. The summed E-state index contributed by atoms with van der Waals surface area (Å²) in [6.45, 7) is 5.73. The maximum absolute atomic E-state index is 12.7. The van der Waals surface area contributed by atoms with Crippen LogP contribution in [0.2, 0.25) is 0 Å². The summed E-state index contributed by atoms with van der Waals surface area (Å²) in [6, 6.07) is 5.48. The molecule has 0 saturated carbocycles. The van der Waals surface area contributed by atoms with Gasteiger partial charge in [0.2, 0.25) is 0 Å². The number of carbonyl (C=O) groups excluding carboxylic acids is 1. The summed E-state index contributed by atoms with van der Waals surface area (Å²) < 4.78 is 18.0.